The summed E-state index contributed by atoms with van der Waals surface area (Å²) in [6.07, 6.45) is -3.61. The van der Waals surface area contributed by atoms with E-state index in [1.54, 1.807) is 13.0 Å². The van der Waals surface area contributed by atoms with Gasteiger partial charge in [-0.15, -0.1) is 0 Å². The van der Waals surface area contributed by atoms with Gasteiger partial charge in [-0.1, -0.05) is 6.92 Å². The molecule has 1 unspecified atom stereocenters. The molecule has 0 bridgehead atoms. The van der Waals surface area contributed by atoms with Crippen LogP contribution in [0.15, 0.2) is 30.3 Å². The van der Waals surface area contributed by atoms with E-state index in [9.17, 15) is 18.0 Å². The summed E-state index contributed by atoms with van der Waals surface area (Å²) in [6.45, 7) is 5.54. The van der Waals surface area contributed by atoms with Gasteiger partial charge in [-0.05, 0) is 50.6 Å². The molecule has 2 aromatic rings. The van der Waals surface area contributed by atoms with Crippen LogP contribution in [0.2, 0.25) is 0 Å². The van der Waals surface area contributed by atoms with Gasteiger partial charge < -0.3 is 10.6 Å². The molecule has 0 fully saturated rings. The van der Waals surface area contributed by atoms with E-state index in [-0.39, 0.29) is 23.6 Å². The van der Waals surface area contributed by atoms with E-state index in [1.807, 2.05) is 13.8 Å². The molecule has 1 heterocycles. The summed E-state index contributed by atoms with van der Waals surface area (Å²) in [5, 5.41) is 5.62. The lowest BCUT2D eigenvalue weighted by Gasteiger charge is -2.12. The minimum atomic E-state index is -4.39. The SMILES string of the molecule is CCC(C)NC(=O)c1cc(C)nc(Nc2ccc(C(F)(F)F)cc2)n1. The second-order valence-corrected chi connectivity index (χ2v) is 5.70. The van der Waals surface area contributed by atoms with E-state index >= 15 is 0 Å². The maximum absolute atomic E-state index is 12.6. The second-order valence-electron chi connectivity index (χ2n) is 5.70. The number of benzene rings is 1. The zero-order chi connectivity index (χ0) is 18.6. The molecule has 1 amide bonds. The summed E-state index contributed by atoms with van der Waals surface area (Å²) in [4.78, 5) is 20.5. The summed E-state index contributed by atoms with van der Waals surface area (Å²) in [6, 6.07) is 6.06. The van der Waals surface area contributed by atoms with Crippen LogP contribution in [-0.4, -0.2) is 21.9 Å². The number of hydrogen-bond donors (Lipinski definition) is 2. The molecular formula is C17H19F3N4O. The van der Waals surface area contributed by atoms with E-state index in [2.05, 4.69) is 20.6 Å². The molecule has 0 saturated heterocycles. The quantitative estimate of drug-likeness (QED) is 0.851. The van der Waals surface area contributed by atoms with Crippen molar-refractivity contribution < 1.29 is 18.0 Å². The number of anilines is 2. The van der Waals surface area contributed by atoms with Crippen molar-refractivity contribution >= 4 is 17.5 Å². The fourth-order valence-electron chi connectivity index (χ4n) is 2.01. The normalized spacial score (nSPS) is 12.6. The van der Waals surface area contributed by atoms with Crippen molar-refractivity contribution in [3.05, 3.63) is 47.3 Å². The Morgan fingerprint density at radius 2 is 1.84 bits per heavy atom. The predicted molar refractivity (Wildman–Crippen MR) is 88.7 cm³/mol. The maximum Gasteiger partial charge on any atom is 0.416 e. The zero-order valence-corrected chi connectivity index (χ0v) is 14.1. The van der Waals surface area contributed by atoms with Crippen molar-refractivity contribution in [2.75, 3.05) is 5.32 Å². The molecule has 2 rings (SSSR count). The van der Waals surface area contributed by atoms with E-state index in [4.69, 9.17) is 0 Å². The Morgan fingerprint density at radius 1 is 1.20 bits per heavy atom. The summed E-state index contributed by atoms with van der Waals surface area (Å²) >= 11 is 0. The Kier molecular flexibility index (Phi) is 5.61. The number of aryl methyl sites for hydroxylation is 1. The molecule has 25 heavy (non-hydrogen) atoms. The van der Waals surface area contributed by atoms with Crippen molar-refractivity contribution in [2.24, 2.45) is 0 Å². The Bertz CT molecular complexity index is 745. The summed E-state index contributed by atoms with van der Waals surface area (Å²) in [7, 11) is 0. The number of hydrogen-bond acceptors (Lipinski definition) is 4. The van der Waals surface area contributed by atoms with Crippen LogP contribution in [0.25, 0.3) is 0 Å². The van der Waals surface area contributed by atoms with Gasteiger partial charge in [0.15, 0.2) is 0 Å². The van der Waals surface area contributed by atoms with Gasteiger partial charge >= 0.3 is 6.18 Å². The van der Waals surface area contributed by atoms with Gasteiger partial charge in [0.25, 0.3) is 5.91 Å². The molecule has 1 aromatic carbocycles. The topological polar surface area (TPSA) is 66.9 Å². The number of halogens is 3. The van der Waals surface area contributed by atoms with Crippen LogP contribution >= 0.6 is 0 Å². The highest BCUT2D eigenvalue weighted by Gasteiger charge is 2.29. The average Bonchev–Trinajstić information content (AvgIpc) is 2.53. The summed E-state index contributed by atoms with van der Waals surface area (Å²) < 4.78 is 37.8. The molecule has 5 nitrogen and oxygen atoms in total. The van der Waals surface area contributed by atoms with Crippen molar-refractivity contribution in [2.45, 2.75) is 39.4 Å². The molecule has 0 spiro atoms. The lowest BCUT2D eigenvalue weighted by Crippen LogP contribution is -2.32. The van der Waals surface area contributed by atoms with Crippen LogP contribution in [0, 0.1) is 6.92 Å². The standard InChI is InChI=1S/C17H19F3N4O/c1-4-10(2)21-15(25)14-9-11(3)22-16(24-14)23-13-7-5-12(6-8-13)17(18,19)20/h5-10H,4H2,1-3H3,(H,21,25)(H,22,23,24). The van der Waals surface area contributed by atoms with Crippen molar-refractivity contribution in [1.82, 2.24) is 15.3 Å². The van der Waals surface area contributed by atoms with Gasteiger partial charge in [0.05, 0.1) is 5.56 Å². The highest BCUT2D eigenvalue weighted by Crippen LogP contribution is 2.30. The van der Waals surface area contributed by atoms with E-state index in [0.29, 0.717) is 11.4 Å². The van der Waals surface area contributed by atoms with Gasteiger partial charge in [0, 0.05) is 17.4 Å². The highest BCUT2D eigenvalue weighted by molar-refractivity contribution is 5.92. The van der Waals surface area contributed by atoms with Gasteiger partial charge in [0.2, 0.25) is 5.95 Å². The summed E-state index contributed by atoms with van der Waals surface area (Å²) in [5.41, 5.74) is 0.421. The van der Waals surface area contributed by atoms with Gasteiger partial charge in [-0.2, -0.15) is 13.2 Å². The van der Waals surface area contributed by atoms with Gasteiger partial charge in [0.1, 0.15) is 5.69 Å². The highest BCUT2D eigenvalue weighted by atomic mass is 19.4. The molecule has 2 N–H and O–H groups in total. The first-order valence-corrected chi connectivity index (χ1v) is 7.80. The number of rotatable bonds is 5. The smallest absolute Gasteiger partial charge is 0.348 e. The number of nitrogens with zero attached hydrogens (tertiary/aromatic N) is 2. The number of alkyl halides is 3. The first-order valence-electron chi connectivity index (χ1n) is 7.80. The minimum Gasteiger partial charge on any atom is -0.348 e. The van der Waals surface area contributed by atoms with Crippen LogP contribution in [-0.2, 0) is 6.18 Å². The van der Waals surface area contributed by atoms with Crippen molar-refractivity contribution in [3.8, 4) is 0 Å². The van der Waals surface area contributed by atoms with Crippen LogP contribution in [0.4, 0.5) is 24.8 Å². The van der Waals surface area contributed by atoms with Crippen LogP contribution < -0.4 is 10.6 Å². The fourth-order valence-corrected chi connectivity index (χ4v) is 2.01. The lowest BCUT2D eigenvalue weighted by molar-refractivity contribution is -0.137. The zero-order valence-electron chi connectivity index (χ0n) is 14.1. The lowest BCUT2D eigenvalue weighted by atomic mass is 10.2. The van der Waals surface area contributed by atoms with E-state index in [0.717, 1.165) is 18.6 Å². The number of carbonyl (C=O) groups is 1. The number of amides is 1. The number of nitrogens with one attached hydrogen (secondary N) is 2. The molecule has 0 radical (unpaired) electrons. The third kappa shape index (κ3) is 5.17. The fraction of sp³-hybridized carbons (Fsp3) is 0.353. The monoisotopic (exact) mass is 352 g/mol. The van der Waals surface area contributed by atoms with Crippen molar-refractivity contribution in [3.63, 3.8) is 0 Å². The van der Waals surface area contributed by atoms with Crippen LogP contribution in [0.3, 0.4) is 0 Å². The third-order valence-corrected chi connectivity index (χ3v) is 3.55. The molecule has 0 aliphatic rings. The largest absolute Gasteiger partial charge is 0.416 e. The first kappa shape index (κ1) is 18.7. The Labute approximate surface area is 143 Å². The number of aromatic nitrogens is 2. The minimum absolute atomic E-state index is 0.00842. The molecule has 0 aliphatic heterocycles. The van der Waals surface area contributed by atoms with E-state index in [1.165, 1.54) is 12.1 Å². The summed E-state index contributed by atoms with van der Waals surface area (Å²) in [5.74, 6) is -0.177. The second kappa shape index (κ2) is 7.50. The molecule has 8 heteroatoms. The average molecular weight is 352 g/mol. The predicted octanol–water partition coefficient (Wildman–Crippen LogP) is 4.08. The Hall–Kier alpha value is -2.64. The Morgan fingerprint density at radius 3 is 2.40 bits per heavy atom. The molecule has 134 valence electrons. The maximum atomic E-state index is 12.6. The first-order chi connectivity index (χ1) is 11.7. The van der Waals surface area contributed by atoms with Crippen LogP contribution in [0.5, 0.6) is 0 Å². The van der Waals surface area contributed by atoms with Gasteiger partial charge in [-0.25, -0.2) is 9.97 Å². The molecule has 0 saturated carbocycles. The molecule has 1 aromatic heterocycles. The number of carbonyl (C=O) groups excluding carboxylic acids is 1. The van der Waals surface area contributed by atoms with Gasteiger partial charge in [-0.3, -0.25) is 4.79 Å². The molecular weight excluding hydrogens is 333 g/mol. The van der Waals surface area contributed by atoms with Crippen LogP contribution in [0.1, 0.15) is 42.0 Å². The third-order valence-electron chi connectivity index (χ3n) is 3.55. The molecule has 0 aliphatic carbocycles. The van der Waals surface area contributed by atoms with Crippen molar-refractivity contribution in [1.29, 1.82) is 0 Å². The Balaban J connectivity index is 2.18. The van der Waals surface area contributed by atoms with E-state index < -0.39 is 11.7 Å². The molecule has 1 atom stereocenters.